The smallest absolute Gasteiger partial charge is 0.286 e. The average Bonchev–Trinajstić information content (AvgIpc) is 3.17. The number of nitrogens with zero attached hydrogens (tertiary/aromatic N) is 3. The summed E-state index contributed by atoms with van der Waals surface area (Å²) in [6.45, 7) is 12.1. The third-order valence-electron chi connectivity index (χ3n) is 4.06. The van der Waals surface area contributed by atoms with Crippen LogP contribution in [0, 0.1) is 0 Å². The van der Waals surface area contributed by atoms with Crippen molar-refractivity contribution in [3.05, 3.63) is 17.7 Å². The molecule has 132 valence electrons. The molecule has 0 aromatic carbocycles. The zero-order valence-electron chi connectivity index (χ0n) is 15.0. The number of ether oxygens (including phenoxy) is 1. The summed E-state index contributed by atoms with van der Waals surface area (Å²) in [7, 11) is 0. The highest BCUT2D eigenvalue weighted by atomic mass is 32.2. The molecule has 0 saturated carbocycles. The first-order valence-corrected chi connectivity index (χ1v) is 9.21. The van der Waals surface area contributed by atoms with Crippen molar-refractivity contribution in [2.45, 2.75) is 62.9 Å². The van der Waals surface area contributed by atoms with Crippen molar-refractivity contribution in [1.29, 1.82) is 0 Å². The van der Waals surface area contributed by atoms with E-state index in [0.29, 0.717) is 22.8 Å². The van der Waals surface area contributed by atoms with Gasteiger partial charge in [0.15, 0.2) is 0 Å². The standard InChI is InChI=1S/C17H25N3O3S/c1-16(2,3)13-10-12(23-20-13)14-18-19-15(22-14)17(4,5)24-11-6-8-21-9-7-11/h10-11H,6-9H2,1-5H3. The lowest BCUT2D eigenvalue weighted by Gasteiger charge is -2.28. The Morgan fingerprint density at radius 1 is 1.08 bits per heavy atom. The maximum Gasteiger partial charge on any atom is 0.286 e. The molecule has 0 N–H and O–H groups in total. The number of hydrogen-bond acceptors (Lipinski definition) is 7. The van der Waals surface area contributed by atoms with Gasteiger partial charge in [0.25, 0.3) is 5.89 Å². The predicted octanol–water partition coefficient (Wildman–Crippen LogP) is 4.17. The first-order valence-electron chi connectivity index (χ1n) is 8.33. The van der Waals surface area contributed by atoms with E-state index in [9.17, 15) is 0 Å². The number of aromatic nitrogens is 3. The molecule has 1 fully saturated rings. The van der Waals surface area contributed by atoms with Gasteiger partial charge < -0.3 is 13.7 Å². The lowest BCUT2D eigenvalue weighted by Crippen LogP contribution is -2.24. The van der Waals surface area contributed by atoms with Gasteiger partial charge in [0.1, 0.15) is 0 Å². The molecule has 0 unspecified atom stereocenters. The van der Waals surface area contributed by atoms with Crippen LogP contribution < -0.4 is 0 Å². The van der Waals surface area contributed by atoms with Gasteiger partial charge in [-0.25, -0.2) is 0 Å². The van der Waals surface area contributed by atoms with Gasteiger partial charge >= 0.3 is 0 Å². The topological polar surface area (TPSA) is 74.2 Å². The molecule has 3 heterocycles. The van der Waals surface area contributed by atoms with Gasteiger partial charge in [-0.05, 0) is 26.7 Å². The van der Waals surface area contributed by atoms with Gasteiger partial charge in [-0.3, -0.25) is 0 Å². The molecule has 2 aromatic heterocycles. The first kappa shape index (κ1) is 17.5. The molecule has 0 bridgehead atoms. The molecule has 1 saturated heterocycles. The molecular formula is C17H25N3O3S. The summed E-state index contributed by atoms with van der Waals surface area (Å²) >= 11 is 1.87. The summed E-state index contributed by atoms with van der Waals surface area (Å²) in [5, 5.41) is 13.1. The van der Waals surface area contributed by atoms with Crippen molar-refractivity contribution >= 4 is 11.8 Å². The van der Waals surface area contributed by atoms with E-state index in [-0.39, 0.29) is 10.2 Å². The van der Waals surface area contributed by atoms with Crippen molar-refractivity contribution in [2.75, 3.05) is 13.2 Å². The summed E-state index contributed by atoms with van der Waals surface area (Å²) in [4.78, 5) is 0. The predicted molar refractivity (Wildman–Crippen MR) is 93.0 cm³/mol. The second-order valence-corrected chi connectivity index (χ2v) is 9.60. The normalized spacial score (nSPS) is 17.4. The van der Waals surface area contributed by atoms with Crippen molar-refractivity contribution in [3.63, 3.8) is 0 Å². The van der Waals surface area contributed by atoms with Crippen LogP contribution in [-0.4, -0.2) is 33.8 Å². The fourth-order valence-corrected chi connectivity index (χ4v) is 4.00. The first-order chi connectivity index (χ1) is 11.3. The summed E-state index contributed by atoms with van der Waals surface area (Å²) in [6, 6.07) is 1.87. The van der Waals surface area contributed by atoms with Crippen LogP contribution in [-0.2, 0) is 14.9 Å². The zero-order valence-corrected chi connectivity index (χ0v) is 15.8. The quantitative estimate of drug-likeness (QED) is 0.818. The summed E-state index contributed by atoms with van der Waals surface area (Å²) in [5.74, 6) is 1.52. The van der Waals surface area contributed by atoms with E-state index in [1.54, 1.807) is 0 Å². The van der Waals surface area contributed by atoms with Gasteiger partial charge in [0.05, 0.1) is 10.4 Å². The van der Waals surface area contributed by atoms with Crippen LogP contribution in [0.4, 0.5) is 0 Å². The highest BCUT2D eigenvalue weighted by Gasteiger charge is 2.33. The Morgan fingerprint density at radius 3 is 2.42 bits per heavy atom. The van der Waals surface area contributed by atoms with E-state index in [1.807, 2.05) is 17.8 Å². The third-order valence-corrected chi connectivity index (χ3v) is 5.63. The Balaban J connectivity index is 1.75. The molecule has 6 nitrogen and oxygen atoms in total. The van der Waals surface area contributed by atoms with Gasteiger partial charge in [0.2, 0.25) is 11.7 Å². The molecular weight excluding hydrogens is 326 g/mol. The molecule has 0 aliphatic carbocycles. The Bertz CT molecular complexity index is 681. The minimum atomic E-state index is -0.250. The third kappa shape index (κ3) is 3.83. The zero-order chi connectivity index (χ0) is 17.4. The lowest BCUT2D eigenvalue weighted by atomic mass is 9.92. The number of thioether (sulfide) groups is 1. The van der Waals surface area contributed by atoms with Crippen LogP contribution in [0.2, 0.25) is 0 Å². The molecule has 0 amide bonds. The molecule has 7 heteroatoms. The van der Waals surface area contributed by atoms with Crippen molar-refractivity contribution < 1.29 is 13.7 Å². The fraction of sp³-hybridized carbons (Fsp3) is 0.706. The summed E-state index contributed by atoms with van der Waals surface area (Å²) < 4.78 is 16.5. The van der Waals surface area contributed by atoms with E-state index >= 15 is 0 Å². The minimum absolute atomic E-state index is 0.0806. The van der Waals surface area contributed by atoms with Crippen LogP contribution in [0.25, 0.3) is 11.7 Å². The molecule has 0 atom stereocenters. The van der Waals surface area contributed by atoms with Crippen LogP contribution in [0.1, 0.15) is 59.0 Å². The van der Waals surface area contributed by atoms with Crippen LogP contribution in [0.15, 0.2) is 15.0 Å². The van der Waals surface area contributed by atoms with E-state index in [1.165, 1.54) is 0 Å². The van der Waals surface area contributed by atoms with Gasteiger partial charge in [-0.2, -0.15) is 0 Å². The monoisotopic (exact) mass is 351 g/mol. The molecule has 1 aliphatic rings. The second-order valence-electron chi connectivity index (χ2n) is 7.68. The minimum Gasteiger partial charge on any atom is -0.417 e. The fourth-order valence-electron chi connectivity index (χ4n) is 2.56. The van der Waals surface area contributed by atoms with Crippen molar-refractivity contribution in [3.8, 4) is 11.7 Å². The van der Waals surface area contributed by atoms with E-state index in [2.05, 4.69) is 50.0 Å². The van der Waals surface area contributed by atoms with Gasteiger partial charge in [-0.15, -0.1) is 22.0 Å². The Labute approximate surface area is 146 Å². The molecule has 3 rings (SSSR count). The van der Waals surface area contributed by atoms with Crippen LogP contribution in [0.3, 0.4) is 0 Å². The van der Waals surface area contributed by atoms with E-state index in [0.717, 1.165) is 31.7 Å². The maximum absolute atomic E-state index is 5.89. The lowest BCUT2D eigenvalue weighted by molar-refractivity contribution is 0.0997. The Morgan fingerprint density at radius 2 is 1.79 bits per heavy atom. The number of hydrogen-bond donors (Lipinski definition) is 0. The van der Waals surface area contributed by atoms with Crippen LogP contribution >= 0.6 is 11.8 Å². The molecule has 1 aliphatic heterocycles. The maximum atomic E-state index is 5.89. The summed E-state index contributed by atoms with van der Waals surface area (Å²) in [6.07, 6.45) is 2.12. The van der Waals surface area contributed by atoms with Crippen LogP contribution in [0.5, 0.6) is 0 Å². The SMILES string of the molecule is CC(C)(C)c1cc(-c2nnc(C(C)(C)SC3CCOCC3)o2)on1. The van der Waals surface area contributed by atoms with Crippen molar-refractivity contribution in [1.82, 2.24) is 15.4 Å². The highest BCUT2D eigenvalue weighted by molar-refractivity contribution is 8.00. The van der Waals surface area contributed by atoms with Gasteiger partial charge in [0, 0.05) is 29.9 Å². The molecule has 2 aromatic rings. The second kappa shape index (κ2) is 6.52. The Hall–Kier alpha value is -1.34. The van der Waals surface area contributed by atoms with E-state index in [4.69, 9.17) is 13.7 Å². The summed E-state index contributed by atoms with van der Waals surface area (Å²) in [5.41, 5.74) is 0.788. The van der Waals surface area contributed by atoms with Crippen molar-refractivity contribution in [2.24, 2.45) is 0 Å². The average molecular weight is 351 g/mol. The van der Waals surface area contributed by atoms with E-state index < -0.39 is 0 Å². The number of rotatable bonds is 4. The molecule has 0 spiro atoms. The largest absolute Gasteiger partial charge is 0.417 e. The molecule has 24 heavy (non-hydrogen) atoms. The molecule has 0 radical (unpaired) electrons. The van der Waals surface area contributed by atoms with Gasteiger partial charge in [-0.1, -0.05) is 25.9 Å². The Kier molecular flexibility index (Phi) is 4.75. The highest BCUT2D eigenvalue weighted by Crippen LogP contribution is 2.41.